The zero-order valence-electron chi connectivity index (χ0n) is 18.4. The second-order valence-electron chi connectivity index (χ2n) is 7.45. The molecule has 3 N–H and O–H groups in total. The molecule has 0 spiro atoms. The van der Waals surface area contributed by atoms with E-state index in [4.69, 9.17) is 9.47 Å². The third-order valence-corrected chi connectivity index (χ3v) is 5.18. The topological polar surface area (TPSA) is 106 Å². The average Bonchev–Trinajstić information content (AvgIpc) is 2.88. The quantitative estimate of drug-likeness (QED) is 0.470. The van der Waals surface area contributed by atoms with Gasteiger partial charge in [0.25, 0.3) is 5.91 Å². The van der Waals surface area contributed by atoms with E-state index < -0.39 is 18.0 Å². The standard InChI is InChI=1S/C26H23N3O5/c1-33-25(31)22-23(17-8-4-2-5-9-17)28-26(32)29-24(22)18-12-14-20(15-13-18)34-16-21(30)27-19-10-6-3-7-11-19/h2-15,24H,16H2,1H3,(H,27,30)(H2,28,29,32). The predicted molar refractivity (Wildman–Crippen MR) is 127 cm³/mol. The number of esters is 1. The van der Waals surface area contributed by atoms with Crippen molar-refractivity contribution >= 4 is 29.3 Å². The van der Waals surface area contributed by atoms with E-state index in [9.17, 15) is 14.4 Å². The molecule has 1 unspecified atom stereocenters. The summed E-state index contributed by atoms with van der Waals surface area (Å²) in [5, 5.41) is 8.25. The summed E-state index contributed by atoms with van der Waals surface area (Å²) in [6.07, 6.45) is 0. The Morgan fingerprint density at radius 3 is 2.21 bits per heavy atom. The molecule has 34 heavy (non-hydrogen) atoms. The van der Waals surface area contributed by atoms with E-state index in [0.717, 1.165) is 0 Å². The Bertz CT molecular complexity index is 1210. The number of carbonyl (C=O) groups is 3. The van der Waals surface area contributed by atoms with Crippen LogP contribution in [0.5, 0.6) is 5.75 Å². The molecule has 0 aliphatic carbocycles. The molecule has 8 heteroatoms. The lowest BCUT2D eigenvalue weighted by Crippen LogP contribution is -2.45. The lowest BCUT2D eigenvalue weighted by atomic mass is 9.92. The molecule has 4 rings (SSSR count). The summed E-state index contributed by atoms with van der Waals surface area (Å²) in [6, 6.07) is 23.8. The molecule has 8 nitrogen and oxygen atoms in total. The van der Waals surface area contributed by atoms with E-state index in [1.807, 2.05) is 36.4 Å². The van der Waals surface area contributed by atoms with Crippen LogP contribution in [0.3, 0.4) is 0 Å². The Morgan fingerprint density at radius 1 is 0.912 bits per heavy atom. The Morgan fingerprint density at radius 2 is 1.56 bits per heavy atom. The highest BCUT2D eigenvalue weighted by Crippen LogP contribution is 2.32. The number of benzene rings is 3. The minimum Gasteiger partial charge on any atom is -0.484 e. The van der Waals surface area contributed by atoms with Crippen molar-refractivity contribution in [1.29, 1.82) is 0 Å². The molecule has 3 aromatic carbocycles. The molecule has 1 aliphatic rings. The number of anilines is 1. The van der Waals surface area contributed by atoms with Gasteiger partial charge in [-0.05, 0) is 35.4 Å². The highest BCUT2D eigenvalue weighted by Gasteiger charge is 2.34. The van der Waals surface area contributed by atoms with Crippen LogP contribution in [0, 0.1) is 0 Å². The monoisotopic (exact) mass is 457 g/mol. The SMILES string of the molecule is COC(=O)C1=C(c2ccccc2)NC(=O)NC1c1ccc(OCC(=O)Nc2ccccc2)cc1. The van der Waals surface area contributed by atoms with E-state index >= 15 is 0 Å². The van der Waals surface area contributed by atoms with Crippen LogP contribution in [-0.4, -0.2) is 31.6 Å². The zero-order chi connectivity index (χ0) is 23.9. The molecule has 3 amide bonds. The smallest absolute Gasteiger partial charge is 0.338 e. The summed E-state index contributed by atoms with van der Waals surface area (Å²) < 4.78 is 10.6. The number of amides is 3. The first-order valence-corrected chi connectivity index (χ1v) is 10.6. The Hall–Kier alpha value is -4.59. The summed E-state index contributed by atoms with van der Waals surface area (Å²) >= 11 is 0. The minimum absolute atomic E-state index is 0.163. The van der Waals surface area contributed by atoms with Crippen LogP contribution in [-0.2, 0) is 14.3 Å². The maximum atomic E-state index is 12.7. The van der Waals surface area contributed by atoms with Crippen molar-refractivity contribution < 1.29 is 23.9 Å². The normalized spacial score (nSPS) is 15.1. The summed E-state index contributed by atoms with van der Waals surface area (Å²) in [5.74, 6) is -0.377. The molecule has 0 saturated carbocycles. The zero-order valence-corrected chi connectivity index (χ0v) is 18.4. The first-order chi connectivity index (χ1) is 16.5. The number of rotatable bonds is 7. The maximum absolute atomic E-state index is 12.7. The van der Waals surface area contributed by atoms with Gasteiger partial charge in [-0.25, -0.2) is 9.59 Å². The van der Waals surface area contributed by atoms with E-state index in [1.165, 1.54) is 7.11 Å². The van der Waals surface area contributed by atoms with Gasteiger partial charge in [0.2, 0.25) is 0 Å². The number of hydrogen-bond donors (Lipinski definition) is 3. The number of hydrogen-bond acceptors (Lipinski definition) is 5. The third kappa shape index (κ3) is 5.24. The molecule has 172 valence electrons. The molecular formula is C26H23N3O5. The molecular weight excluding hydrogens is 434 g/mol. The third-order valence-electron chi connectivity index (χ3n) is 5.18. The fourth-order valence-electron chi connectivity index (χ4n) is 3.60. The number of nitrogens with one attached hydrogen (secondary N) is 3. The lowest BCUT2D eigenvalue weighted by molar-refractivity contribution is -0.136. The van der Waals surface area contributed by atoms with Gasteiger partial charge in [-0.15, -0.1) is 0 Å². The van der Waals surface area contributed by atoms with Crippen molar-refractivity contribution in [3.05, 3.63) is 102 Å². The van der Waals surface area contributed by atoms with Gasteiger partial charge in [-0.2, -0.15) is 0 Å². The van der Waals surface area contributed by atoms with Gasteiger partial charge in [0.05, 0.1) is 24.4 Å². The van der Waals surface area contributed by atoms with Crippen LogP contribution >= 0.6 is 0 Å². The average molecular weight is 457 g/mol. The van der Waals surface area contributed by atoms with Gasteiger partial charge in [-0.3, -0.25) is 4.79 Å². The van der Waals surface area contributed by atoms with Crippen molar-refractivity contribution in [3.63, 3.8) is 0 Å². The molecule has 0 radical (unpaired) electrons. The minimum atomic E-state index is -0.730. The molecule has 1 heterocycles. The predicted octanol–water partition coefficient (Wildman–Crippen LogP) is 3.64. The highest BCUT2D eigenvalue weighted by molar-refractivity contribution is 6.04. The van der Waals surface area contributed by atoms with Gasteiger partial charge in [0.15, 0.2) is 6.61 Å². The fraction of sp³-hybridized carbons (Fsp3) is 0.115. The first kappa shape index (κ1) is 22.6. The van der Waals surface area contributed by atoms with Crippen molar-refractivity contribution in [2.75, 3.05) is 19.0 Å². The van der Waals surface area contributed by atoms with E-state index in [0.29, 0.717) is 28.3 Å². The van der Waals surface area contributed by atoms with E-state index in [1.54, 1.807) is 48.5 Å². The molecule has 0 fully saturated rings. The van der Waals surface area contributed by atoms with Gasteiger partial charge in [0, 0.05) is 5.69 Å². The van der Waals surface area contributed by atoms with Crippen molar-refractivity contribution in [2.45, 2.75) is 6.04 Å². The van der Waals surface area contributed by atoms with Crippen LogP contribution in [0.15, 0.2) is 90.5 Å². The summed E-state index contributed by atoms with van der Waals surface area (Å²) in [4.78, 5) is 37.2. The molecule has 1 atom stereocenters. The van der Waals surface area contributed by atoms with E-state index in [2.05, 4.69) is 16.0 Å². The molecule has 0 saturated heterocycles. The molecule has 0 aromatic heterocycles. The van der Waals surface area contributed by atoms with E-state index in [-0.39, 0.29) is 18.1 Å². The lowest BCUT2D eigenvalue weighted by Gasteiger charge is -2.29. The Kier molecular flexibility index (Phi) is 6.88. The van der Waals surface area contributed by atoms with Crippen molar-refractivity contribution in [1.82, 2.24) is 10.6 Å². The molecule has 3 aromatic rings. The van der Waals surface area contributed by atoms with Crippen LogP contribution in [0.25, 0.3) is 5.70 Å². The van der Waals surface area contributed by atoms with Gasteiger partial charge in [0.1, 0.15) is 5.75 Å². The molecule has 0 bridgehead atoms. The summed E-state index contributed by atoms with van der Waals surface area (Å²) in [7, 11) is 1.29. The number of para-hydroxylation sites is 1. The van der Waals surface area contributed by atoms with Crippen molar-refractivity contribution in [2.24, 2.45) is 0 Å². The summed E-state index contributed by atoms with van der Waals surface area (Å²) in [5.41, 5.74) is 2.70. The largest absolute Gasteiger partial charge is 0.484 e. The summed E-state index contributed by atoms with van der Waals surface area (Å²) in [6.45, 7) is -0.163. The first-order valence-electron chi connectivity index (χ1n) is 10.6. The van der Waals surface area contributed by atoms with Crippen LogP contribution in [0.1, 0.15) is 17.2 Å². The highest BCUT2D eigenvalue weighted by atomic mass is 16.5. The Labute approximate surface area is 196 Å². The number of carbonyl (C=O) groups excluding carboxylic acids is 3. The second kappa shape index (κ2) is 10.4. The number of methoxy groups -OCH3 is 1. The van der Waals surface area contributed by atoms with Crippen molar-refractivity contribution in [3.8, 4) is 5.75 Å². The second-order valence-corrected chi connectivity index (χ2v) is 7.45. The van der Waals surface area contributed by atoms with Gasteiger partial charge < -0.3 is 25.4 Å². The fourth-order valence-corrected chi connectivity index (χ4v) is 3.60. The van der Waals surface area contributed by atoms with Gasteiger partial charge >= 0.3 is 12.0 Å². The number of ether oxygens (including phenoxy) is 2. The number of urea groups is 1. The van der Waals surface area contributed by atoms with Crippen LogP contribution in [0.4, 0.5) is 10.5 Å². The Balaban J connectivity index is 1.52. The van der Waals surface area contributed by atoms with Crippen LogP contribution in [0.2, 0.25) is 0 Å². The maximum Gasteiger partial charge on any atom is 0.338 e. The van der Waals surface area contributed by atoms with Crippen LogP contribution < -0.4 is 20.7 Å². The molecule has 1 aliphatic heterocycles. The van der Waals surface area contributed by atoms with Gasteiger partial charge in [-0.1, -0.05) is 60.7 Å².